The van der Waals surface area contributed by atoms with Crippen molar-refractivity contribution in [3.05, 3.63) is 93.0 Å². The maximum Gasteiger partial charge on any atom is 0.335 e. The number of rotatable bonds is 7. The third-order valence-electron chi connectivity index (χ3n) is 4.54. The van der Waals surface area contributed by atoms with Crippen LogP contribution in [0.25, 0.3) is 0 Å². The summed E-state index contributed by atoms with van der Waals surface area (Å²) in [4.78, 5) is 36.9. The van der Waals surface area contributed by atoms with Gasteiger partial charge in [-0.3, -0.25) is 9.59 Å². The van der Waals surface area contributed by atoms with Crippen molar-refractivity contribution >= 4 is 39.3 Å². The van der Waals surface area contributed by atoms with Gasteiger partial charge in [0.05, 0.1) is 22.2 Å². The summed E-state index contributed by atoms with van der Waals surface area (Å²) in [6.07, 6.45) is 0. The van der Waals surface area contributed by atoms with E-state index >= 15 is 0 Å². The fourth-order valence-corrected chi connectivity index (χ4v) is 3.52. The normalized spacial score (nSPS) is 10.4. The van der Waals surface area contributed by atoms with E-state index in [9.17, 15) is 14.4 Å². The number of nitrogens with one attached hydrogen (secondary N) is 1. The first kappa shape index (κ1) is 22.2. The lowest BCUT2D eigenvalue weighted by Crippen LogP contribution is -2.14. The molecule has 1 amide bonds. The number of aryl methyl sites for hydroxylation is 1. The van der Waals surface area contributed by atoms with Crippen LogP contribution in [0.2, 0.25) is 0 Å². The number of hydrogen-bond acceptors (Lipinski definition) is 4. The Bertz CT molecular complexity index is 1140. The van der Waals surface area contributed by atoms with Gasteiger partial charge >= 0.3 is 5.97 Å². The van der Waals surface area contributed by atoms with Gasteiger partial charge in [-0.1, -0.05) is 29.8 Å². The number of anilines is 1. The minimum Gasteiger partial charge on any atom is -0.492 e. The molecule has 6 nitrogen and oxygen atoms in total. The van der Waals surface area contributed by atoms with Gasteiger partial charge in [-0.05, 0) is 66.2 Å². The van der Waals surface area contributed by atoms with E-state index in [1.807, 2.05) is 26.0 Å². The molecule has 0 aliphatic heterocycles. The predicted molar refractivity (Wildman–Crippen MR) is 121 cm³/mol. The summed E-state index contributed by atoms with van der Waals surface area (Å²) in [6, 6.07) is 16.1. The third kappa shape index (κ3) is 5.19. The molecule has 0 heterocycles. The topological polar surface area (TPSA) is 92.7 Å². The highest BCUT2D eigenvalue weighted by Crippen LogP contribution is 2.33. The number of carboxylic acid groups (broad SMARTS) is 1. The number of hydrogen-bond donors (Lipinski definition) is 2. The summed E-state index contributed by atoms with van der Waals surface area (Å²) in [5.41, 5.74) is 2.60. The summed E-state index contributed by atoms with van der Waals surface area (Å²) in [5, 5.41) is 11.7. The minimum atomic E-state index is -1.05. The zero-order valence-electron chi connectivity index (χ0n) is 16.9. The fourth-order valence-electron chi connectivity index (χ4n) is 2.94. The largest absolute Gasteiger partial charge is 0.492 e. The maximum atomic E-state index is 13.2. The van der Waals surface area contributed by atoms with Gasteiger partial charge in [0.15, 0.2) is 5.78 Å². The number of carbonyl (C=O) groups excluding carboxylic acids is 2. The van der Waals surface area contributed by atoms with Gasteiger partial charge < -0.3 is 15.2 Å². The van der Waals surface area contributed by atoms with E-state index in [1.165, 1.54) is 30.3 Å². The van der Waals surface area contributed by atoms with Crippen LogP contribution in [0.4, 0.5) is 5.69 Å². The van der Waals surface area contributed by atoms with Crippen LogP contribution in [-0.2, 0) is 0 Å². The van der Waals surface area contributed by atoms with E-state index < -0.39 is 11.9 Å². The van der Waals surface area contributed by atoms with Gasteiger partial charge in [0.25, 0.3) is 5.91 Å². The molecule has 0 aliphatic carbocycles. The Balaban J connectivity index is 1.95. The Morgan fingerprint density at radius 2 is 1.55 bits per heavy atom. The first-order valence-electron chi connectivity index (χ1n) is 9.52. The van der Waals surface area contributed by atoms with Gasteiger partial charge in [-0.2, -0.15) is 0 Å². The highest BCUT2D eigenvalue weighted by molar-refractivity contribution is 9.10. The summed E-state index contributed by atoms with van der Waals surface area (Å²) in [5.74, 6) is -1.38. The lowest BCUT2D eigenvalue weighted by Gasteiger charge is -2.14. The molecule has 3 rings (SSSR count). The van der Waals surface area contributed by atoms with Gasteiger partial charge in [-0.15, -0.1) is 0 Å². The Morgan fingerprint density at radius 1 is 0.935 bits per heavy atom. The van der Waals surface area contributed by atoms with E-state index in [-0.39, 0.29) is 22.5 Å². The molecule has 0 saturated carbocycles. The van der Waals surface area contributed by atoms with Crippen LogP contribution in [0.15, 0.2) is 65.1 Å². The maximum absolute atomic E-state index is 13.2. The van der Waals surface area contributed by atoms with Crippen LogP contribution in [0.3, 0.4) is 0 Å². The van der Waals surface area contributed by atoms with E-state index in [0.29, 0.717) is 28.1 Å². The molecule has 31 heavy (non-hydrogen) atoms. The summed E-state index contributed by atoms with van der Waals surface area (Å²) >= 11 is 3.41. The third-order valence-corrected chi connectivity index (χ3v) is 5.13. The van der Waals surface area contributed by atoms with Crippen LogP contribution in [0.5, 0.6) is 5.75 Å². The molecule has 0 bridgehead atoms. The van der Waals surface area contributed by atoms with Crippen molar-refractivity contribution in [2.75, 3.05) is 11.9 Å². The first-order valence-corrected chi connectivity index (χ1v) is 10.3. The van der Waals surface area contributed by atoms with Crippen molar-refractivity contribution in [1.82, 2.24) is 0 Å². The lowest BCUT2D eigenvalue weighted by atomic mass is 9.99. The van der Waals surface area contributed by atoms with Gasteiger partial charge in [0.1, 0.15) is 5.75 Å². The van der Waals surface area contributed by atoms with E-state index in [2.05, 4.69) is 21.2 Å². The molecule has 0 aliphatic rings. The molecule has 3 aromatic carbocycles. The molecule has 0 fully saturated rings. The standard InChI is InChI=1S/C24H20BrNO5/c1-3-31-22-19(21(27)15-6-4-14(2)5-7-15)12-17(13-20(22)25)23(28)26-18-10-8-16(9-11-18)24(29)30/h4-13H,3H2,1-2H3,(H,26,28)(H,29,30). The molecule has 0 radical (unpaired) electrons. The summed E-state index contributed by atoms with van der Waals surface area (Å²) in [7, 11) is 0. The number of aromatic carboxylic acids is 1. The van der Waals surface area contributed by atoms with E-state index in [1.54, 1.807) is 18.2 Å². The average molecular weight is 482 g/mol. The molecule has 0 spiro atoms. The average Bonchev–Trinajstić information content (AvgIpc) is 2.75. The highest BCUT2D eigenvalue weighted by atomic mass is 79.9. The van der Waals surface area contributed by atoms with Crippen LogP contribution < -0.4 is 10.1 Å². The SMILES string of the molecule is CCOc1c(Br)cc(C(=O)Nc2ccc(C(=O)O)cc2)cc1C(=O)c1ccc(C)cc1. The molecule has 0 saturated heterocycles. The first-order chi connectivity index (χ1) is 14.8. The van der Waals surface area contributed by atoms with Crippen LogP contribution >= 0.6 is 15.9 Å². The molecular formula is C24H20BrNO5. The highest BCUT2D eigenvalue weighted by Gasteiger charge is 2.21. The molecular weight excluding hydrogens is 462 g/mol. The number of ether oxygens (including phenoxy) is 1. The number of halogens is 1. The number of benzene rings is 3. The Kier molecular flexibility index (Phi) is 6.87. The number of amides is 1. The predicted octanol–water partition coefficient (Wildman–Crippen LogP) is 5.34. The second-order valence-corrected chi connectivity index (χ2v) is 7.65. The van der Waals surface area contributed by atoms with Gasteiger partial charge in [0.2, 0.25) is 0 Å². The zero-order valence-corrected chi connectivity index (χ0v) is 18.5. The minimum absolute atomic E-state index is 0.118. The Labute approximate surface area is 188 Å². The number of carbonyl (C=O) groups is 3. The summed E-state index contributed by atoms with van der Waals surface area (Å²) < 4.78 is 6.15. The number of ketones is 1. The second kappa shape index (κ2) is 9.57. The monoisotopic (exact) mass is 481 g/mol. The molecule has 3 aromatic rings. The molecule has 0 aromatic heterocycles. The quantitative estimate of drug-likeness (QED) is 0.444. The molecule has 158 valence electrons. The van der Waals surface area contributed by atoms with Crippen molar-refractivity contribution in [3.8, 4) is 5.75 Å². The van der Waals surface area contributed by atoms with Crippen molar-refractivity contribution < 1.29 is 24.2 Å². The van der Waals surface area contributed by atoms with Crippen LogP contribution in [0.1, 0.15) is 49.1 Å². The smallest absolute Gasteiger partial charge is 0.335 e. The van der Waals surface area contributed by atoms with E-state index in [0.717, 1.165) is 5.56 Å². The lowest BCUT2D eigenvalue weighted by molar-refractivity contribution is 0.0696. The van der Waals surface area contributed by atoms with Crippen LogP contribution in [0, 0.1) is 6.92 Å². The van der Waals surface area contributed by atoms with E-state index in [4.69, 9.17) is 9.84 Å². The van der Waals surface area contributed by atoms with Crippen LogP contribution in [-0.4, -0.2) is 29.4 Å². The zero-order chi connectivity index (χ0) is 22.5. The molecule has 0 atom stereocenters. The summed E-state index contributed by atoms with van der Waals surface area (Å²) in [6.45, 7) is 4.10. The fraction of sp³-hybridized carbons (Fsp3) is 0.125. The Hall–Kier alpha value is -3.45. The van der Waals surface area contributed by atoms with Gasteiger partial charge in [0, 0.05) is 16.8 Å². The molecule has 2 N–H and O–H groups in total. The van der Waals surface area contributed by atoms with Crippen molar-refractivity contribution in [2.24, 2.45) is 0 Å². The molecule has 7 heteroatoms. The second-order valence-electron chi connectivity index (χ2n) is 6.80. The van der Waals surface area contributed by atoms with Crippen molar-refractivity contribution in [1.29, 1.82) is 0 Å². The Morgan fingerprint density at radius 3 is 2.13 bits per heavy atom. The molecule has 0 unspecified atom stereocenters. The van der Waals surface area contributed by atoms with Crippen molar-refractivity contribution in [2.45, 2.75) is 13.8 Å². The number of carboxylic acids is 1. The van der Waals surface area contributed by atoms with Crippen molar-refractivity contribution in [3.63, 3.8) is 0 Å². The van der Waals surface area contributed by atoms with Gasteiger partial charge in [-0.25, -0.2) is 4.79 Å².